The van der Waals surface area contributed by atoms with Gasteiger partial charge in [-0.2, -0.15) is 0 Å². The number of aromatic nitrogens is 3. The van der Waals surface area contributed by atoms with Crippen LogP contribution < -0.4 is 5.32 Å². The molecule has 1 amide bonds. The first kappa shape index (κ1) is 21.1. The maximum Gasteiger partial charge on any atom is 0.295 e. The molecule has 0 spiro atoms. The van der Waals surface area contributed by atoms with E-state index in [2.05, 4.69) is 51.2 Å². The molecule has 162 valence electrons. The Balaban J connectivity index is 1.54. The monoisotopic (exact) mass is 496 g/mol. The lowest BCUT2D eigenvalue weighted by atomic mass is 10.1. The molecule has 0 aliphatic heterocycles. The lowest BCUT2D eigenvalue weighted by Gasteiger charge is -2.08. The standard InChI is InChI=1S/C27H21BrN4O/c1-17-7-14-24(15-18(17)2)32-26(20-8-11-22(28)12-9-20)30-25(31-32)27(33)29-23-13-10-19-5-3-4-6-21(19)16-23/h3-16H,1-2H3,(H,29,33). The van der Waals surface area contributed by atoms with Gasteiger partial charge in [0.1, 0.15) is 0 Å². The van der Waals surface area contributed by atoms with E-state index in [0.717, 1.165) is 32.1 Å². The summed E-state index contributed by atoms with van der Waals surface area (Å²) in [6.45, 7) is 4.13. The summed E-state index contributed by atoms with van der Waals surface area (Å²) in [6, 6.07) is 27.7. The van der Waals surface area contributed by atoms with E-state index in [1.54, 1.807) is 4.68 Å². The van der Waals surface area contributed by atoms with Crippen molar-refractivity contribution in [2.75, 3.05) is 5.32 Å². The number of carbonyl (C=O) groups excluding carboxylic acids is 1. The SMILES string of the molecule is Cc1ccc(-n2nc(C(=O)Nc3ccc4ccccc4c3)nc2-c2ccc(Br)cc2)cc1C. The molecule has 1 heterocycles. The molecule has 0 aliphatic rings. The Bertz CT molecular complexity index is 1490. The zero-order chi connectivity index (χ0) is 22.9. The molecule has 0 bridgehead atoms. The Morgan fingerprint density at radius 2 is 1.61 bits per heavy atom. The number of hydrogen-bond donors (Lipinski definition) is 1. The van der Waals surface area contributed by atoms with Crippen molar-refractivity contribution in [3.63, 3.8) is 0 Å². The first-order valence-electron chi connectivity index (χ1n) is 10.6. The molecular weight excluding hydrogens is 476 g/mol. The number of nitrogens with one attached hydrogen (secondary N) is 1. The van der Waals surface area contributed by atoms with Crippen molar-refractivity contribution in [2.24, 2.45) is 0 Å². The highest BCUT2D eigenvalue weighted by Gasteiger charge is 2.19. The second kappa shape index (κ2) is 8.64. The van der Waals surface area contributed by atoms with Gasteiger partial charge in [0.05, 0.1) is 5.69 Å². The number of anilines is 1. The van der Waals surface area contributed by atoms with Gasteiger partial charge in [-0.25, -0.2) is 9.67 Å². The number of hydrogen-bond acceptors (Lipinski definition) is 3. The summed E-state index contributed by atoms with van der Waals surface area (Å²) in [4.78, 5) is 17.7. The Hall–Kier alpha value is -3.77. The molecule has 1 aromatic heterocycles. The second-order valence-electron chi connectivity index (χ2n) is 7.96. The largest absolute Gasteiger partial charge is 0.319 e. The van der Waals surface area contributed by atoms with Gasteiger partial charge in [0.15, 0.2) is 5.82 Å². The van der Waals surface area contributed by atoms with E-state index in [9.17, 15) is 4.79 Å². The summed E-state index contributed by atoms with van der Waals surface area (Å²) in [7, 11) is 0. The second-order valence-corrected chi connectivity index (χ2v) is 8.88. The minimum absolute atomic E-state index is 0.110. The highest BCUT2D eigenvalue weighted by atomic mass is 79.9. The fourth-order valence-electron chi connectivity index (χ4n) is 3.69. The van der Waals surface area contributed by atoms with Crippen LogP contribution in [0.25, 0.3) is 27.8 Å². The number of nitrogens with zero attached hydrogens (tertiary/aromatic N) is 3. The molecule has 5 nitrogen and oxygen atoms in total. The van der Waals surface area contributed by atoms with E-state index in [1.807, 2.05) is 78.9 Å². The van der Waals surface area contributed by atoms with E-state index in [1.165, 1.54) is 5.56 Å². The van der Waals surface area contributed by atoms with E-state index < -0.39 is 0 Å². The van der Waals surface area contributed by atoms with Gasteiger partial charge in [0.2, 0.25) is 5.82 Å². The molecule has 1 N–H and O–H groups in total. The van der Waals surface area contributed by atoms with Crippen molar-refractivity contribution >= 4 is 38.3 Å². The molecule has 5 aromatic rings. The first-order chi connectivity index (χ1) is 16.0. The predicted octanol–water partition coefficient (Wildman–Crippen LogP) is 6.72. The van der Waals surface area contributed by atoms with Crippen molar-refractivity contribution in [1.82, 2.24) is 14.8 Å². The van der Waals surface area contributed by atoms with Gasteiger partial charge in [0.25, 0.3) is 5.91 Å². The predicted molar refractivity (Wildman–Crippen MR) is 136 cm³/mol. The quantitative estimate of drug-likeness (QED) is 0.300. The molecule has 6 heteroatoms. The molecule has 0 unspecified atom stereocenters. The van der Waals surface area contributed by atoms with Gasteiger partial charge in [-0.3, -0.25) is 4.79 Å². The average molecular weight is 497 g/mol. The Morgan fingerprint density at radius 1 is 0.848 bits per heavy atom. The normalized spacial score (nSPS) is 11.0. The van der Waals surface area contributed by atoms with Crippen molar-refractivity contribution in [3.05, 3.63) is 106 Å². The first-order valence-corrected chi connectivity index (χ1v) is 11.4. The van der Waals surface area contributed by atoms with Crippen LogP contribution in [0.3, 0.4) is 0 Å². The molecule has 0 aliphatic carbocycles. The van der Waals surface area contributed by atoms with Gasteiger partial charge < -0.3 is 5.32 Å². The van der Waals surface area contributed by atoms with Crippen molar-refractivity contribution in [3.8, 4) is 17.1 Å². The van der Waals surface area contributed by atoms with Crippen LogP contribution in [0.1, 0.15) is 21.7 Å². The number of rotatable bonds is 4. The third-order valence-corrected chi connectivity index (χ3v) is 6.18. The van der Waals surface area contributed by atoms with E-state index in [0.29, 0.717) is 11.5 Å². The summed E-state index contributed by atoms with van der Waals surface area (Å²) in [5.74, 6) is 0.361. The Labute approximate surface area is 200 Å². The van der Waals surface area contributed by atoms with Crippen LogP contribution in [-0.4, -0.2) is 20.7 Å². The Morgan fingerprint density at radius 3 is 2.36 bits per heavy atom. The summed E-state index contributed by atoms with van der Waals surface area (Å²) in [6.07, 6.45) is 0. The number of halogens is 1. The minimum Gasteiger partial charge on any atom is -0.319 e. The third kappa shape index (κ3) is 4.30. The van der Waals surface area contributed by atoms with Crippen molar-refractivity contribution < 1.29 is 4.79 Å². The molecule has 5 rings (SSSR count). The topological polar surface area (TPSA) is 59.8 Å². The van der Waals surface area contributed by atoms with Crippen LogP contribution in [-0.2, 0) is 0 Å². The molecule has 0 saturated heterocycles. The summed E-state index contributed by atoms with van der Waals surface area (Å²) >= 11 is 3.47. The van der Waals surface area contributed by atoms with Crippen LogP contribution in [0.5, 0.6) is 0 Å². The van der Waals surface area contributed by atoms with E-state index in [-0.39, 0.29) is 11.7 Å². The van der Waals surface area contributed by atoms with Crippen LogP contribution in [0.4, 0.5) is 5.69 Å². The van der Waals surface area contributed by atoms with Gasteiger partial charge in [-0.05, 0) is 72.1 Å². The van der Waals surface area contributed by atoms with E-state index >= 15 is 0 Å². The van der Waals surface area contributed by atoms with Crippen LogP contribution in [0.2, 0.25) is 0 Å². The molecule has 4 aromatic carbocycles. The average Bonchev–Trinajstić information content (AvgIpc) is 3.27. The zero-order valence-electron chi connectivity index (χ0n) is 18.2. The molecule has 33 heavy (non-hydrogen) atoms. The molecule has 0 fully saturated rings. The lowest BCUT2D eigenvalue weighted by molar-refractivity contribution is 0.101. The Kier molecular flexibility index (Phi) is 5.52. The number of fused-ring (bicyclic) bond motifs is 1. The van der Waals surface area contributed by atoms with Crippen molar-refractivity contribution in [1.29, 1.82) is 0 Å². The van der Waals surface area contributed by atoms with Gasteiger partial charge in [0, 0.05) is 15.7 Å². The molecule has 0 saturated carbocycles. The number of aryl methyl sites for hydroxylation is 2. The molecular formula is C27H21BrN4O. The van der Waals surface area contributed by atoms with Crippen LogP contribution in [0, 0.1) is 13.8 Å². The molecule has 0 atom stereocenters. The number of benzene rings is 4. The number of carbonyl (C=O) groups is 1. The summed E-state index contributed by atoms with van der Waals surface area (Å²) in [5, 5.41) is 9.70. The van der Waals surface area contributed by atoms with Gasteiger partial charge in [-0.1, -0.05) is 64.5 Å². The highest BCUT2D eigenvalue weighted by molar-refractivity contribution is 9.10. The van der Waals surface area contributed by atoms with E-state index in [4.69, 9.17) is 0 Å². The minimum atomic E-state index is -0.355. The lowest BCUT2D eigenvalue weighted by Crippen LogP contribution is -2.14. The van der Waals surface area contributed by atoms with Gasteiger partial charge >= 0.3 is 0 Å². The highest BCUT2D eigenvalue weighted by Crippen LogP contribution is 2.25. The van der Waals surface area contributed by atoms with Crippen LogP contribution >= 0.6 is 15.9 Å². The molecule has 0 radical (unpaired) electrons. The van der Waals surface area contributed by atoms with Gasteiger partial charge in [-0.15, -0.1) is 5.10 Å². The smallest absolute Gasteiger partial charge is 0.295 e. The third-order valence-electron chi connectivity index (χ3n) is 5.66. The zero-order valence-corrected chi connectivity index (χ0v) is 19.8. The van der Waals surface area contributed by atoms with Crippen molar-refractivity contribution in [2.45, 2.75) is 13.8 Å². The number of amides is 1. The van der Waals surface area contributed by atoms with Crippen LogP contribution in [0.15, 0.2) is 89.4 Å². The maximum atomic E-state index is 13.1. The summed E-state index contributed by atoms with van der Waals surface area (Å²) < 4.78 is 2.70. The fourth-order valence-corrected chi connectivity index (χ4v) is 3.95. The maximum absolute atomic E-state index is 13.1. The fraction of sp³-hybridized carbons (Fsp3) is 0.0741. The summed E-state index contributed by atoms with van der Waals surface area (Å²) in [5.41, 5.74) is 4.76.